The quantitative estimate of drug-likeness (QED) is 0.549. The molecule has 2 heterocycles. The minimum Gasteiger partial charge on any atom is -0.292 e. The zero-order chi connectivity index (χ0) is 14.3. The number of rotatable bonds is 2. The number of nitrogen functional groups attached to an aromatic ring is 1. The first-order valence-corrected chi connectivity index (χ1v) is 6.04. The molecule has 3 aromatic rings. The summed E-state index contributed by atoms with van der Waals surface area (Å²) in [6, 6.07) is 3.91. The van der Waals surface area contributed by atoms with Gasteiger partial charge in [-0.15, -0.1) is 0 Å². The van der Waals surface area contributed by atoms with Gasteiger partial charge < -0.3 is 0 Å². The van der Waals surface area contributed by atoms with E-state index in [1.165, 1.54) is 6.33 Å². The monoisotopic (exact) mass is 272 g/mol. The van der Waals surface area contributed by atoms with Crippen molar-refractivity contribution in [3.63, 3.8) is 0 Å². The van der Waals surface area contributed by atoms with Gasteiger partial charge in [0.05, 0.1) is 17.2 Å². The van der Waals surface area contributed by atoms with E-state index in [0.717, 1.165) is 28.4 Å². The Morgan fingerprint density at radius 2 is 1.95 bits per heavy atom. The molecule has 20 heavy (non-hydrogen) atoms. The molecule has 0 fully saturated rings. The molecule has 0 radical (unpaired) electrons. The molecule has 3 N–H and O–H groups in total. The van der Waals surface area contributed by atoms with Crippen molar-refractivity contribution in [2.24, 2.45) is 5.84 Å². The van der Waals surface area contributed by atoms with Crippen LogP contribution in [0.2, 0.25) is 0 Å². The lowest BCUT2D eigenvalue weighted by Crippen LogP contribution is -2.12. The number of nitrogens with two attached hydrogens (primary N) is 1. The van der Waals surface area contributed by atoms with Gasteiger partial charge in [0.25, 0.3) is 0 Å². The Morgan fingerprint density at radius 1 is 1.20 bits per heavy atom. The molecular formula is C13H13FN6. The molecule has 3 rings (SSSR count). The van der Waals surface area contributed by atoms with Crippen molar-refractivity contribution in [3.05, 3.63) is 41.6 Å². The van der Waals surface area contributed by atoms with Gasteiger partial charge in [-0.3, -0.25) is 9.99 Å². The van der Waals surface area contributed by atoms with Gasteiger partial charge in [-0.25, -0.2) is 20.2 Å². The smallest absolute Gasteiger partial charge is 0.239 e. The average molecular weight is 272 g/mol. The van der Waals surface area contributed by atoms with Crippen molar-refractivity contribution in [2.45, 2.75) is 13.8 Å². The van der Waals surface area contributed by atoms with Gasteiger partial charge in [0.15, 0.2) is 11.6 Å². The van der Waals surface area contributed by atoms with Gasteiger partial charge in [-0.2, -0.15) is 4.98 Å². The molecule has 0 aliphatic heterocycles. The summed E-state index contributed by atoms with van der Waals surface area (Å²) in [4.78, 5) is 12.0. The lowest BCUT2D eigenvalue weighted by atomic mass is 10.1. The molecule has 7 heteroatoms. The third-order valence-electron chi connectivity index (χ3n) is 3.25. The van der Waals surface area contributed by atoms with E-state index < -0.39 is 5.82 Å². The third kappa shape index (κ3) is 1.88. The van der Waals surface area contributed by atoms with Gasteiger partial charge in [0, 0.05) is 0 Å². The lowest BCUT2D eigenvalue weighted by molar-refractivity contribution is 0.603. The van der Waals surface area contributed by atoms with Crippen molar-refractivity contribution >= 4 is 17.0 Å². The zero-order valence-electron chi connectivity index (χ0n) is 11.1. The number of aryl methyl sites for hydroxylation is 2. The number of hydrogen-bond donors (Lipinski definition) is 2. The highest BCUT2D eigenvalue weighted by Crippen LogP contribution is 2.22. The predicted molar refractivity (Wildman–Crippen MR) is 73.9 cm³/mol. The van der Waals surface area contributed by atoms with Gasteiger partial charge in [0.1, 0.15) is 6.33 Å². The van der Waals surface area contributed by atoms with E-state index >= 15 is 0 Å². The molecule has 6 nitrogen and oxygen atoms in total. The van der Waals surface area contributed by atoms with Crippen LogP contribution in [0.5, 0.6) is 0 Å². The molecule has 0 unspecified atom stereocenters. The highest BCUT2D eigenvalue weighted by molar-refractivity contribution is 5.79. The number of nitrogens with one attached hydrogen (secondary N) is 1. The molecule has 0 bridgehead atoms. The first-order valence-electron chi connectivity index (χ1n) is 6.04. The first-order chi connectivity index (χ1) is 9.60. The van der Waals surface area contributed by atoms with E-state index in [1.807, 2.05) is 26.0 Å². The Hall–Kier alpha value is -2.54. The average Bonchev–Trinajstić information content (AvgIpc) is 2.83. The van der Waals surface area contributed by atoms with Crippen LogP contribution in [-0.2, 0) is 0 Å². The fourth-order valence-electron chi connectivity index (χ4n) is 2.03. The number of halogens is 1. The highest BCUT2D eigenvalue weighted by Gasteiger charge is 2.13. The van der Waals surface area contributed by atoms with Crippen LogP contribution < -0.4 is 11.3 Å². The Kier molecular flexibility index (Phi) is 2.83. The number of nitrogens with zero attached hydrogens (tertiary/aromatic N) is 4. The Bertz CT molecular complexity index is 795. The van der Waals surface area contributed by atoms with Crippen LogP contribution in [-0.4, -0.2) is 19.5 Å². The number of hydrogen-bond acceptors (Lipinski definition) is 5. The van der Waals surface area contributed by atoms with E-state index in [9.17, 15) is 4.39 Å². The Morgan fingerprint density at radius 3 is 2.70 bits per heavy atom. The second kappa shape index (κ2) is 4.53. The van der Waals surface area contributed by atoms with Gasteiger partial charge in [-0.05, 0) is 37.1 Å². The highest BCUT2D eigenvalue weighted by atomic mass is 19.1. The minimum atomic E-state index is -0.540. The van der Waals surface area contributed by atoms with Crippen molar-refractivity contribution in [1.29, 1.82) is 0 Å². The summed E-state index contributed by atoms with van der Waals surface area (Å²) in [5.74, 6) is 4.97. The first kappa shape index (κ1) is 12.5. The SMILES string of the molecule is Cc1cc2ncn(-c3nc(NN)ncc3F)c2cc1C. The zero-order valence-corrected chi connectivity index (χ0v) is 11.1. The van der Waals surface area contributed by atoms with Gasteiger partial charge in [0.2, 0.25) is 5.95 Å². The molecule has 0 saturated heterocycles. The van der Waals surface area contributed by atoms with E-state index in [1.54, 1.807) is 4.57 Å². The van der Waals surface area contributed by atoms with Crippen LogP contribution in [0.25, 0.3) is 16.9 Å². The van der Waals surface area contributed by atoms with E-state index in [-0.39, 0.29) is 11.8 Å². The molecule has 1 aromatic carbocycles. The summed E-state index contributed by atoms with van der Waals surface area (Å²) in [6.45, 7) is 4.00. The van der Waals surface area contributed by atoms with Crippen molar-refractivity contribution in [1.82, 2.24) is 19.5 Å². The predicted octanol–water partition coefficient (Wildman–Crippen LogP) is 1.86. The van der Waals surface area contributed by atoms with Crippen molar-refractivity contribution in [3.8, 4) is 5.82 Å². The standard InChI is InChI=1S/C13H13FN6/c1-7-3-10-11(4-8(7)2)20(6-17-10)12-9(14)5-16-13(18-12)19-15/h3-6H,15H2,1-2H3,(H,16,18,19). The Balaban J connectivity index is 2.27. The van der Waals surface area contributed by atoms with Crippen LogP contribution in [0.1, 0.15) is 11.1 Å². The molecule has 2 aromatic heterocycles. The maximum Gasteiger partial charge on any atom is 0.239 e. The summed E-state index contributed by atoms with van der Waals surface area (Å²) in [5.41, 5.74) is 6.11. The van der Waals surface area contributed by atoms with Crippen molar-refractivity contribution in [2.75, 3.05) is 5.43 Å². The molecule has 0 spiro atoms. The fourth-order valence-corrected chi connectivity index (χ4v) is 2.03. The second-order valence-electron chi connectivity index (χ2n) is 4.55. The number of fused-ring (bicyclic) bond motifs is 1. The second-order valence-corrected chi connectivity index (χ2v) is 4.55. The van der Waals surface area contributed by atoms with E-state index in [0.29, 0.717) is 0 Å². The maximum atomic E-state index is 13.9. The number of anilines is 1. The van der Waals surface area contributed by atoms with Crippen LogP contribution in [0.4, 0.5) is 10.3 Å². The molecular weight excluding hydrogens is 259 g/mol. The fraction of sp³-hybridized carbons (Fsp3) is 0.154. The van der Waals surface area contributed by atoms with E-state index in [2.05, 4.69) is 20.4 Å². The minimum absolute atomic E-state index is 0.110. The molecule has 0 amide bonds. The number of benzene rings is 1. The summed E-state index contributed by atoms with van der Waals surface area (Å²) < 4.78 is 15.5. The van der Waals surface area contributed by atoms with Crippen LogP contribution in [0.3, 0.4) is 0 Å². The number of aromatic nitrogens is 4. The van der Waals surface area contributed by atoms with Crippen molar-refractivity contribution < 1.29 is 4.39 Å². The molecule has 102 valence electrons. The third-order valence-corrected chi connectivity index (χ3v) is 3.25. The largest absolute Gasteiger partial charge is 0.292 e. The lowest BCUT2D eigenvalue weighted by Gasteiger charge is -2.07. The molecule has 0 atom stereocenters. The molecule has 0 saturated carbocycles. The van der Waals surface area contributed by atoms with Crippen LogP contribution in [0, 0.1) is 19.7 Å². The summed E-state index contributed by atoms with van der Waals surface area (Å²) in [7, 11) is 0. The number of imidazole rings is 1. The summed E-state index contributed by atoms with van der Waals surface area (Å²) >= 11 is 0. The van der Waals surface area contributed by atoms with Gasteiger partial charge in [-0.1, -0.05) is 0 Å². The molecule has 0 aliphatic carbocycles. The van der Waals surface area contributed by atoms with Crippen LogP contribution in [0.15, 0.2) is 24.7 Å². The number of hydrazine groups is 1. The topological polar surface area (TPSA) is 81.7 Å². The normalized spacial score (nSPS) is 11.0. The van der Waals surface area contributed by atoms with Crippen LogP contribution >= 0.6 is 0 Å². The summed E-state index contributed by atoms with van der Waals surface area (Å²) in [6.07, 6.45) is 2.61. The molecule has 0 aliphatic rings. The van der Waals surface area contributed by atoms with Gasteiger partial charge >= 0.3 is 0 Å². The van der Waals surface area contributed by atoms with E-state index in [4.69, 9.17) is 5.84 Å². The maximum absolute atomic E-state index is 13.9. The summed E-state index contributed by atoms with van der Waals surface area (Å²) in [5, 5.41) is 0. The Labute approximate surface area is 114 Å².